The molecule has 1 aliphatic rings. The van der Waals surface area contributed by atoms with Gasteiger partial charge < -0.3 is 15.0 Å². The predicted octanol–water partition coefficient (Wildman–Crippen LogP) is 2.25. The topological polar surface area (TPSA) is 56.3 Å². The molecular weight excluding hydrogens is 240 g/mol. The number of amides is 1. The Hall–Kier alpha value is -1.29. The van der Waals surface area contributed by atoms with E-state index >= 15 is 0 Å². The molecule has 4 heteroatoms. The lowest BCUT2D eigenvalue weighted by molar-refractivity contribution is 0.0448. The summed E-state index contributed by atoms with van der Waals surface area (Å²) in [7, 11) is 1.82. The number of nitrogens with one attached hydrogen (secondary N) is 1. The van der Waals surface area contributed by atoms with Gasteiger partial charge in [0, 0.05) is 25.2 Å². The van der Waals surface area contributed by atoms with Crippen molar-refractivity contribution < 1.29 is 9.90 Å². The summed E-state index contributed by atoms with van der Waals surface area (Å²) in [6, 6.07) is 1.98. The van der Waals surface area contributed by atoms with Crippen LogP contribution in [0, 0.1) is 19.8 Å². The largest absolute Gasteiger partial charge is 0.393 e. The molecule has 2 N–H and O–H groups in total. The van der Waals surface area contributed by atoms with Crippen molar-refractivity contribution in [2.45, 2.75) is 45.6 Å². The van der Waals surface area contributed by atoms with E-state index in [0.717, 1.165) is 36.9 Å². The van der Waals surface area contributed by atoms with Gasteiger partial charge in [-0.3, -0.25) is 4.79 Å². The number of carbonyl (C=O) groups is 1. The van der Waals surface area contributed by atoms with Crippen LogP contribution in [0.5, 0.6) is 0 Å². The molecule has 2 unspecified atom stereocenters. The first kappa shape index (κ1) is 14.1. The maximum Gasteiger partial charge on any atom is 0.270 e. The van der Waals surface area contributed by atoms with Gasteiger partial charge in [0.25, 0.3) is 5.91 Å². The summed E-state index contributed by atoms with van der Waals surface area (Å²) < 4.78 is 0. The Bertz CT molecular complexity index is 453. The molecule has 19 heavy (non-hydrogen) atoms. The monoisotopic (exact) mass is 264 g/mol. The van der Waals surface area contributed by atoms with Crippen molar-refractivity contribution in [3.63, 3.8) is 0 Å². The fourth-order valence-electron chi connectivity index (χ4n) is 2.98. The van der Waals surface area contributed by atoms with Crippen molar-refractivity contribution in [3.05, 3.63) is 23.0 Å². The number of hydrogen-bond donors (Lipinski definition) is 2. The average molecular weight is 264 g/mol. The molecule has 0 aromatic carbocycles. The van der Waals surface area contributed by atoms with E-state index < -0.39 is 0 Å². The number of aryl methyl sites for hydroxylation is 2. The van der Waals surface area contributed by atoms with Gasteiger partial charge in [-0.15, -0.1) is 0 Å². The number of aromatic nitrogens is 1. The number of aliphatic hydroxyl groups excluding tert-OH is 1. The lowest BCUT2D eigenvalue weighted by atomic mass is 9.86. The summed E-state index contributed by atoms with van der Waals surface area (Å²) in [4.78, 5) is 17.2. The van der Waals surface area contributed by atoms with Gasteiger partial charge in [-0.25, -0.2) is 0 Å². The highest BCUT2D eigenvalue weighted by molar-refractivity contribution is 5.93. The first-order valence-electron chi connectivity index (χ1n) is 7.08. The smallest absolute Gasteiger partial charge is 0.270 e. The number of carbonyl (C=O) groups excluding carboxylic acids is 1. The van der Waals surface area contributed by atoms with E-state index in [1.807, 2.05) is 27.0 Å². The van der Waals surface area contributed by atoms with Crippen LogP contribution in [0.25, 0.3) is 0 Å². The van der Waals surface area contributed by atoms with E-state index in [9.17, 15) is 9.90 Å². The molecule has 1 fully saturated rings. The second-order valence-electron chi connectivity index (χ2n) is 5.81. The summed E-state index contributed by atoms with van der Waals surface area (Å²) in [5, 5.41) is 9.98. The molecule has 2 atom stereocenters. The van der Waals surface area contributed by atoms with Gasteiger partial charge in [0.1, 0.15) is 5.69 Å². The fourth-order valence-corrected chi connectivity index (χ4v) is 2.98. The molecule has 0 spiro atoms. The Morgan fingerprint density at radius 2 is 2.11 bits per heavy atom. The summed E-state index contributed by atoms with van der Waals surface area (Å²) >= 11 is 0. The second kappa shape index (κ2) is 5.78. The maximum absolute atomic E-state index is 12.4. The molecule has 106 valence electrons. The molecule has 0 bridgehead atoms. The van der Waals surface area contributed by atoms with Gasteiger partial charge in [-0.1, -0.05) is 12.8 Å². The van der Waals surface area contributed by atoms with Gasteiger partial charge in [0.05, 0.1) is 6.10 Å². The summed E-state index contributed by atoms with van der Waals surface area (Å²) in [6.07, 6.45) is 3.89. The highest BCUT2D eigenvalue weighted by atomic mass is 16.3. The lowest BCUT2D eigenvalue weighted by Crippen LogP contribution is -2.38. The van der Waals surface area contributed by atoms with Gasteiger partial charge >= 0.3 is 0 Å². The third kappa shape index (κ3) is 3.18. The quantitative estimate of drug-likeness (QED) is 0.879. The van der Waals surface area contributed by atoms with E-state index in [2.05, 4.69) is 4.98 Å². The zero-order chi connectivity index (χ0) is 14.0. The fraction of sp³-hybridized carbons (Fsp3) is 0.667. The van der Waals surface area contributed by atoms with Crippen LogP contribution in [0.2, 0.25) is 0 Å². The molecule has 0 aliphatic heterocycles. The Kier molecular flexibility index (Phi) is 4.30. The van der Waals surface area contributed by atoms with E-state index in [4.69, 9.17) is 0 Å². The minimum absolute atomic E-state index is 0.0170. The van der Waals surface area contributed by atoms with Crippen LogP contribution in [0.1, 0.15) is 47.4 Å². The molecule has 4 nitrogen and oxygen atoms in total. The Morgan fingerprint density at radius 1 is 1.42 bits per heavy atom. The number of nitrogens with zero attached hydrogens (tertiary/aromatic N) is 1. The molecule has 1 saturated carbocycles. The number of hydrogen-bond acceptors (Lipinski definition) is 2. The van der Waals surface area contributed by atoms with Gasteiger partial charge in [-0.2, -0.15) is 0 Å². The third-order valence-electron chi connectivity index (χ3n) is 4.09. The Morgan fingerprint density at radius 3 is 2.68 bits per heavy atom. The standard InChI is InChI=1S/C15H24N2O2/c1-10-8-11(2)16-14(10)15(19)17(3)9-12-6-4-5-7-13(12)18/h8,12-13,16,18H,4-7,9H2,1-3H3. The van der Waals surface area contributed by atoms with Gasteiger partial charge in [0.15, 0.2) is 0 Å². The summed E-state index contributed by atoms with van der Waals surface area (Å²) in [5.74, 6) is 0.238. The average Bonchev–Trinajstić information content (AvgIpc) is 2.70. The zero-order valence-corrected chi connectivity index (χ0v) is 12.1. The van der Waals surface area contributed by atoms with Crippen LogP contribution in [0.3, 0.4) is 0 Å². The van der Waals surface area contributed by atoms with Crippen molar-refractivity contribution >= 4 is 5.91 Å². The minimum Gasteiger partial charge on any atom is -0.393 e. The van der Waals surface area contributed by atoms with Gasteiger partial charge in [0.2, 0.25) is 0 Å². The lowest BCUT2D eigenvalue weighted by Gasteiger charge is -2.31. The van der Waals surface area contributed by atoms with Crippen LogP contribution in [0.15, 0.2) is 6.07 Å². The maximum atomic E-state index is 12.4. The van der Waals surface area contributed by atoms with Crippen LogP contribution >= 0.6 is 0 Å². The van der Waals surface area contributed by atoms with E-state index in [0.29, 0.717) is 12.2 Å². The number of H-pyrrole nitrogens is 1. The highest BCUT2D eigenvalue weighted by Gasteiger charge is 2.26. The number of aliphatic hydroxyl groups is 1. The first-order valence-corrected chi connectivity index (χ1v) is 7.08. The molecule has 1 aromatic rings. The minimum atomic E-state index is -0.254. The van der Waals surface area contributed by atoms with Crippen molar-refractivity contribution in [1.82, 2.24) is 9.88 Å². The van der Waals surface area contributed by atoms with Crippen LogP contribution in [-0.2, 0) is 0 Å². The molecule has 1 aliphatic carbocycles. The Labute approximate surface area is 114 Å². The van der Waals surface area contributed by atoms with Crippen LogP contribution in [0.4, 0.5) is 0 Å². The predicted molar refractivity (Wildman–Crippen MR) is 75.2 cm³/mol. The number of rotatable bonds is 3. The molecule has 1 heterocycles. The molecular formula is C15H24N2O2. The molecule has 1 amide bonds. The summed E-state index contributed by atoms with van der Waals surface area (Å²) in [5.41, 5.74) is 2.66. The van der Waals surface area contributed by atoms with E-state index in [1.54, 1.807) is 4.90 Å². The molecule has 2 rings (SSSR count). The van der Waals surface area contributed by atoms with Crippen LogP contribution in [-0.4, -0.2) is 40.6 Å². The van der Waals surface area contributed by atoms with Crippen LogP contribution < -0.4 is 0 Å². The molecule has 0 radical (unpaired) electrons. The second-order valence-corrected chi connectivity index (χ2v) is 5.81. The van der Waals surface area contributed by atoms with Crippen molar-refractivity contribution in [2.75, 3.05) is 13.6 Å². The van der Waals surface area contributed by atoms with Crippen molar-refractivity contribution in [3.8, 4) is 0 Å². The van der Waals surface area contributed by atoms with Crippen molar-refractivity contribution in [1.29, 1.82) is 0 Å². The SMILES string of the molecule is Cc1cc(C)c(C(=O)N(C)CC2CCCCC2O)[nH]1. The number of aromatic amines is 1. The van der Waals surface area contributed by atoms with Crippen molar-refractivity contribution in [2.24, 2.45) is 5.92 Å². The Balaban J connectivity index is 2.01. The first-order chi connectivity index (χ1) is 8.99. The van der Waals surface area contributed by atoms with E-state index in [1.165, 1.54) is 0 Å². The summed E-state index contributed by atoms with van der Waals surface area (Å²) in [6.45, 7) is 4.53. The third-order valence-corrected chi connectivity index (χ3v) is 4.09. The zero-order valence-electron chi connectivity index (χ0n) is 12.1. The highest BCUT2D eigenvalue weighted by Crippen LogP contribution is 2.25. The van der Waals surface area contributed by atoms with E-state index in [-0.39, 0.29) is 17.9 Å². The molecule has 0 saturated heterocycles. The van der Waals surface area contributed by atoms with Gasteiger partial charge in [-0.05, 0) is 38.3 Å². The normalized spacial score (nSPS) is 23.4. The molecule has 1 aromatic heterocycles.